The number of furan rings is 2. The number of amides is 4. The highest BCUT2D eigenvalue weighted by molar-refractivity contribution is 6.33. The lowest BCUT2D eigenvalue weighted by Crippen LogP contribution is -2.53. The van der Waals surface area contributed by atoms with Crippen molar-refractivity contribution in [2.75, 3.05) is 0 Å². The van der Waals surface area contributed by atoms with Gasteiger partial charge in [0.15, 0.2) is 0 Å². The van der Waals surface area contributed by atoms with E-state index in [1.807, 2.05) is 0 Å². The molecule has 1 saturated heterocycles. The van der Waals surface area contributed by atoms with Gasteiger partial charge in [0.2, 0.25) is 0 Å². The van der Waals surface area contributed by atoms with Crippen molar-refractivity contribution >= 4 is 41.5 Å². The third-order valence-electron chi connectivity index (χ3n) is 4.47. The number of rotatable bonds is 5. The molecule has 2 aromatic heterocycles. The van der Waals surface area contributed by atoms with E-state index in [4.69, 9.17) is 20.4 Å². The lowest BCUT2D eigenvalue weighted by atomic mass is 10.1. The number of benzene rings is 1. The highest BCUT2D eigenvalue weighted by Crippen LogP contribution is 2.28. The molecule has 10 heteroatoms. The zero-order chi connectivity index (χ0) is 22.1. The average molecular weight is 441 g/mol. The summed E-state index contributed by atoms with van der Waals surface area (Å²) in [6, 6.07) is 9.76. The van der Waals surface area contributed by atoms with Crippen molar-refractivity contribution in [2.45, 2.75) is 6.54 Å². The molecule has 1 aliphatic rings. The fraction of sp³-hybridized carbons (Fsp3) is 0.0476. The number of carboxylic acid groups (broad SMARTS) is 1. The van der Waals surface area contributed by atoms with Crippen LogP contribution in [0, 0.1) is 0 Å². The van der Waals surface area contributed by atoms with Crippen molar-refractivity contribution in [3.05, 3.63) is 76.4 Å². The number of barbiturate groups is 1. The van der Waals surface area contributed by atoms with Crippen LogP contribution < -0.4 is 5.32 Å². The maximum Gasteiger partial charge on any atom is 0.337 e. The van der Waals surface area contributed by atoms with Crippen LogP contribution in [0.15, 0.2) is 63.1 Å². The molecule has 0 aliphatic carbocycles. The van der Waals surface area contributed by atoms with E-state index in [2.05, 4.69) is 5.32 Å². The summed E-state index contributed by atoms with van der Waals surface area (Å²) in [5, 5.41) is 11.4. The topological polar surface area (TPSA) is 130 Å². The Kier molecular flexibility index (Phi) is 5.18. The first-order valence-corrected chi connectivity index (χ1v) is 9.25. The molecule has 9 nitrogen and oxygen atoms in total. The number of nitrogens with one attached hydrogen (secondary N) is 1. The van der Waals surface area contributed by atoms with Crippen molar-refractivity contribution < 1.29 is 33.1 Å². The summed E-state index contributed by atoms with van der Waals surface area (Å²) in [6.45, 7) is -0.144. The second kappa shape index (κ2) is 7.96. The molecule has 0 bridgehead atoms. The summed E-state index contributed by atoms with van der Waals surface area (Å²) in [7, 11) is 0. The van der Waals surface area contributed by atoms with Crippen molar-refractivity contribution in [1.29, 1.82) is 0 Å². The van der Waals surface area contributed by atoms with E-state index >= 15 is 0 Å². The predicted octanol–water partition coefficient (Wildman–Crippen LogP) is 3.55. The van der Waals surface area contributed by atoms with Crippen LogP contribution in [-0.2, 0) is 16.1 Å². The van der Waals surface area contributed by atoms with E-state index in [1.165, 1.54) is 30.5 Å². The number of hydrogen-bond donors (Lipinski definition) is 2. The molecular weight excluding hydrogens is 428 g/mol. The minimum Gasteiger partial charge on any atom is -0.478 e. The SMILES string of the molecule is O=C1NC(=O)N(Cc2ccco2)C(=O)C1=Cc1ccc(-c2ccc(Cl)c(C(=O)O)c2)o1. The predicted molar refractivity (Wildman–Crippen MR) is 107 cm³/mol. The third-order valence-corrected chi connectivity index (χ3v) is 4.80. The summed E-state index contributed by atoms with van der Waals surface area (Å²) < 4.78 is 10.8. The molecule has 1 aromatic carbocycles. The van der Waals surface area contributed by atoms with Gasteiger partial charge in [0.25, 0.3) is 11.8 Å². The van der Waals surface area contributed by atoms with E-state index in [9.17, 15) is 24.3 Å². The summed E-state index contributed by atoms with van der Waals surface area (Å²) >= 11 is 5.88. The van der Waals surface area contributed by atoms with E-state index in [-0.39, 0.29) is 28.5 Å². The molecule has 31 heavy (non-hydrogen) atoms. The lowest BCUT2D eigenvalue weighted by molar-refractivity contribution is -0.130. The van der Waals surface area contributed by atoms with Crippen LogP contribution in [0.5, 0.6) is 0 Å². The van der Waals surface area contributed by atoms with E-state index in [0.29, 0.717) is 17.1 Å². The molecule has 156 valence electrons. The summed E-state index contributed by atoms with van der Waals surface area (Å²) in [6.07, 6.45) is 2.61. The average Bonchev–Trinajstić information content (AvgIpc) is 3.40. The van der Waals surface area contributed by atoms with Gasteiger partial charge in [-0.15, -0.1) is 0 Å². The molecule has 4 rings (SSSR count). The fourth-order valence-corrected chi connectivity index (χ4v) is 3.16. The first-order chi connectivity index (χ1) is 14.8. The van der Waals surface area contributed by atoms with Crippen LogP contribution in [0.25, 0.3) is 17.4 Å². The number of halogens is 1. The first kappa shape index (κ1) is 20.2. The van der Waals surface area contributed by atoms with Gasteiger partial charge < -0.3 is 13.9 Å². The Hall–Kier alpha value is -4.11. The highest BCUT2D eigenvalue weighted by atomic mass is 35.5. The zero-order valence-electron chi connectivity index (χ0n) is 15.6. The Morgan fingerprint density at radius 1 is 1.16 bits per heavy atom. The maximum absolute atomic E-state index is 12.7. The molecule has 0 unspecified atom stereocenters. The minimum absolute atomic E-state index is 0.0796. The second-order valence-electron chi connectivity index (χ2n) is 6.49. The Morgan fingerprint density at radius 3 is 2.68 bits per heavy atom. The largest absolute Gasteiger partial charge is 0.478 e. The molecule has 0 atom stereocenters. The molecule has 0 spiro atoms. The molecule has 0 saturated carbocycles. The summed E-state index contributed by atoms with van der Waals surface area (Å²) in [5.41, 5.74) is 0.0549. The molecular formula is C21H13ClN2O7. The Balaban J connectivity index is 1.62. The smallest absolute Gasteiger partial charge is 0.337 e. The number of carboxylic acids is 1. The van der Waals surface area contributed by atoms with Crippen LogP contribution in [0.3, 0.4) is 0 Å². The Morgan fingerprint density at radius 2 is 1.97 bits per heavy atom. The molecule has 1 aliphatic heterocycles. The lowest BCUT2D eigenvalue weighted by Gasteiger charge is -2.25. The van der Waals surface area contributed by atoms with Crippen LogP contribution >= 0.6 is 11.6 Å². The molecule has 4 amide bonds. The van der Waals surface area contributed by atoms with Gasteiger partial charge in [-0.2, -0.15) is 0 Å². The third kappa shape index (κ3) is 3.99. The standard InChI is InChI=1S/C21H13ClN2O7/c22-16-5-3-11(8-14(16)20(27)28)17-6-4-12(31-17)9-15-18(25)23-21(29)24(19(15)26)10-13-2-1-7-30-13/h1-9H,10H2,(H,27,28)(H,23,25,29). The number of imide groups is 2. The van der Waals surface area contributed by atoms with Gasteiger partial charge in [0.1, 0.15) is 22.9 Å². The van der Waals surface area contributed by atoms with Gasteiger partial charge in [0, 0.05) is 5.56 Å². The summed E-state index contributed by atoms with van der Waals surface area (Å²) in [5.74, 6) is -2.02. The molecule has 3 aromatic rings. The first-order valence-electron chi connectivity index (χ1n) is 8.88. The highest BCUT2D eigenvalue weighted by Gasteiger charge is 2.36. The Labute approximate surface area is 179 Å². The van der Waals surface area contributed by atoms with Crippen LogP contribution in [0.4, 0.5) is 4.79 Å². The second-order valence-corrected chi connectivity index (χ2v) is 6.90. The number of aromatic carboxylic acids is 1. The van der Waals surface area contributed by atoms with Crippen LogP contribution in [0.2, 0.25) is 5.02 Å². The van der Waals surface area contributed by atoms with Gasteiger partial charge >= 0.3 is 12.0 Å². The maximum atomic E-state index is 12.7. The number of nitrogens with zero attached hydrogens (tertiary/aromatic N) is 1. The number of urea groups is 1. The molecule has 1 fully saturated rings. The zero-order valence-corrected chi connectivity index (χ0v) is 16.4. The van der Waals surface area contributed by atoms with Crippen molar-refractivity contribution in [3.8, 4) is 11.3 Å². The fourth-order valence-electron chi connectivity index (χ4n) is 2.97. The number of hydrogen-bond acceptors (Lipinski definition) is 6. The van der Waals surface area contributed by atoms with E-state index in [0.717, 1.165) is 4.90 Å². The van der Waals surface area contributed by atoms with Gasteiger partial charge in [-0.05, 0) is 48.5 Å². The summed E-state index contributed by atoms with van der Waals surface area (Å²) in [4.78, 5) is 49.1. The van der Waals surface area contributed by atoms with Gasteiger partial charge in [0.05, 0.1) is 23.4 Å². The quantitative estimate of drug-likeness (QED) is 0.458. The van der Waals surface area contributed by atoms with Crippen LogP contribution in [0.1, 0.15) is 21.9 Å². The molecule has 0 radical (unpaired) electrons. The van der Waals surface area contributed by atoms with Crippen molar-refractivity contribution in [3.63, 3.8) is 0 Å². The van der Waals surface area contributed by atoms with E-state index in [1.54, 1.807) is 24.3 Å². The van der Waals surface area contributed by atoms with Gasteiger partial charge in [-0.1, -0.05) is 11.6 Å². The van der Waals surface area contributed by atoms with Crippen molar-refractivity contribution in [1.82, 2.24) is 10.2 Å². The molecule has 3 heterocycles. The normalized spacial score (nSPS) is 15.5. The van der Waals surface area contributed by atoms with Gasteiger partial charge in [-0.25, -0.2) is 9.59 Å². The molecule has 2 N–H and O–H groups in total. The monoisotopic (exact) mass is 440 g/mol. The Bertz CT molecular complexity index is 1240. The van der Waals surface area contributed by atoms with Crippen molar-refractivity contribution in [2.24, 2.45) is 0 Å². The van der Waals surface area contributed by atoms with E-state index < -0.39 is 23.8 Å². The van der Waals surface area contributed by atoms with Gasteiger partial charge in [-0.3, -0.25) is 19.8 Å². The number of carbonyl (C=O) groups excluding carboxylic acids is 3. The minimum atomic E-state index is -1.19. The van der Waals surface area contributed by atoms with Crippen LogP contribution in [-0.4, -0.2) is 33.8 Å². The number of carbonyl (C=O) groups is 4.